The van der Waals surface area contributed by atoms with E-state index >= 15 is 0 Å². The zero-order valence-electron chi connectivity index (χ0n) is 18.9. The minimum Gasteiger partial charge on any atom is -0.347 e. The Kier molecular flexibility index (Phi) is 8.25. The molecule has 5 nitrogen and oxygen atoms in total. The quantitative estimate of drug-likeness (QED) is 0.429. The predicted molar refractivity (Wildman–Crippen MR) is 132 cm³/mol. The van der Waals surface area contributed by atoms with Crippen LogP contribution in [0.2, 0.25) is 0 Å². The Morgan fingerprint density at radius 2 is 1.61 bits per heavy atom. The number of aromatic nitrogens is 1. The summed E-state index contributed by atoms with van der Waals surface area (Å²) in [6.07, 6.45) is 6.63. The lowest BCUT2D eigenvalue weighted by molar-refractivity contribution is -0.132. The molecule has 1 fully saturated rings. The second-order valence-corrected chi connectivity index (χ2v) is 9.66. The lowest BCUT2D eigenvalue weighted by atomic mass is 10.0. The van der Waals surface area contributed by atoms with Gasteiger partial charge in [0.25, 0.3) is 5.91 Å². The first-order valence-corrected chi connectivity index (χ1v) is 12.6. The molecule has 4 rings (SSSR count). The topological polar surface area (TPSA) is 62.3 Å². The van der Waals surface area contributed by atoms with E-state index in [0.29, 0.717) is 37.7 Å². The van der Waals surface area contributed by atoms with Crippen molar-refractivity contribution in [2.24, 2.45) is 5.92 Å². The molecule has 1 aliphatic rings. The first kappa shape index (κ1) is 23.2. The van der Waals surface area contributed by atoms with Crippen molar-refractivity contribution in [2.45, 2.75) is 58.2 Å². The predicted octanol–water partition coefficient (Wildman–Crippen LogP) is 5.57. The van der Waals surface area contributed by atoms with Crippen molar-refractivity contribution in [1.29, 1.82) is 0 Å². The van der Waals surface area contributed by atoms with Crippen LogP contribution in [-0.2, 0) is 24.4 Å². The van der Waals surface area contributed by atoms with Crippen LogP contribution in [0.25, 0.3) is 0 Å². The molecule has 33 heavy (non-hydrogen) atoms. The molecular weight excluding hydrogens is 430 g/mol. The SMILES string of the molecule is O=C(NCc1ccccc1)c1csc(CN(Cc2ccccc2)C(=O)CCC2CCCC2)n1. The maximum Gasteiger partial charge on any atom is 0.271 e. The number of benzene rings is 2. The highest BCUT2D eigenvalue weighted by Gasteiger charge is 2.21. The molecule has 0 unspecified atom stereocenters. The van der Waals surface area contributed by atoms with Crippen LogP contribution in [0.5, 0.6) is 0 Å². The van der Waals surface area contributed by atoms with Crippen molar-refractivity contribution in [1.82, 2.24) is 15.2 Å². The van der Waals surface area contributed by atoms with Crippen molar-refractivity contribution in [3.63, 3.8) is 0 Å². The van der Waals surface area contributed by atoms with E-state index in [4.69, 9.17) is 0 Å². The summed E-state index contributed by atoms with van der Waals surface area (Å²) in [6.45, 7) is 1.45. The average molecular weight is 462 g/mol. The Morgan fingerprint density at radius 3 is 2.30 bits per heavy atom. The van der Waals surface area contributed by atoms with Gasteiger partial charge in [0.2, 0.25) is 5.91 Å². The van der Waals surface area contributed by atoms with Crippen LogP contribution in [-0.4, -0.2) is 21.7 Å². The summed E-state index contributed by atoms with van der Waals surface area (Å²) in [4.78, 5) is 32.1. The number of nitrogens with one attached hydrogen (secondary N) is 1. The fraction of sp³-hybridized carbons (Fsp3) is 0.370. The molecule has 1 aliphatic carbocycles. The summed E-state index contributed by atoms with van der Waals surface area (Å²) in [5.74, 6) is 0.659. The van der Waals surface area contributed by atoms with Crippen molar-refractivity contribution >= 4 is 23.2 Å². The Morgan fingerprint density at radius 1 is 0.939 bits per heavy atom. The van der Waals surface area contributed by atoms with Crippen molar-refractivity contribution in [3.05, 3.63) is 87.9 Å². The molecule has 1 aromatic heterocycles. The summed E-state index contributed by atoms with van der Waals surface area (Å²) >= 11 is 1.43. The molecule has 2 aromatic carbocycles. The number of thiazole rings is 1. The molecule has 6 heteroatoms. The average Bonchev–Trinajstić information content (AvgIpc) is 3.54. The van der Waals surface area contributed by atoms with Crippen LogP contribution in [0.4, 0.5) is 0 Å². The van der Waals surface area contributed by atoms with Crippen LogP contribution in [0.1, 0.15) is 65.1 Å². The van der Waals surface area contributed by atoms with E-state index < -0.39 is 0 Å². The number of nitrogens with zero attached hydrogens (tertiary/aromatic N) is 2. The van der Waals surface area contributed by atoms with Crippen LogP contribution >= 0.6 is 11.3 Å². The van der Waals surface area contributed by atoms with Gasteiger partial charge in [-0.1, -0.05) is 86.3 Å². The number of rotatable bonds is 10. The maximum absolute atomic E-state index is 13.1. The van der Waals surface area contributed by atoms with Gasteiger partial charge in [-0.15, -0.1) is 11.3 Å². The molecule has 0 spiro atoms. The molecule has 1 heterocycles. The highest BCUT2D eigenvalue weighted by molar-refractivity contribution is 7.09. The van der Waals surface area contributed by atoms with Crippen LogP contribution < -0.4 is 5.32 Å². The fourth-order valence-electron chi connectivity index (χ4n) is 4.34. The first-order chi connectivity index (χ1) is 16.2. The third kappa shape index (κ3) is 6.99. The minimum absolute atomic E-state index is 0.163. The van der Waals surface area contributed by atoms with E-state index in [1.807, 2.05) is 65.6 Å². The van der Waals surface area contributed by atoms with Gasteiger partial charge < -0.3 is 10.2 Å². The highest BCUT2D eigenvalue weighted by atomic mass is 32.1. The molecule has 0 radical (unpaired) electrons. The third-order valence-electron chi connectivity index (χ3n) is 6.22. The summed E-state index contributed by atoms with van der Waals surface area (Å²) in [5, 5.41) is 5.48. The molecule has 0 saturated heterocycles. The van der Waals surface area contributed by atoms with E-state index in [1.54, 1.807) is 5.38 Å². The number of hydrogen-bond donors (Lipinski definition) is 1. The molecule has 172 valence electrons. The van der Waals surface area contributed by atoms with Gasteiger partial charge in [-0.25, -0.2) is 4.98 Å². The van der Waals surface area contributed by atoms with E-state index in [0.717, 1.165) is 22.6 Å². The summed E-state index contributed by atoms with van der Waals surface area (Å²) in [7, 11) is 0. The zero-order chi connectivity index (χ0) is 22.9. The molecule has 0 atom stereocenters. The standard InChI is InChI=1S/C27H31N3O2S/c31-26(16-15-21-9-7-8-10-21)30(18-23-13-5-2-6-14-23)19-25-29-24(20-33-25)27(32)28-17-22-11-3-1-4-12-22/h1-6,11-14,20-21H,7-10,15-19H2,(H,28,32). The van der Waals surface area contributed by atoms with E-state index in [2.05, 4.69) is 10.3 Å². The number of amides is 2. The fourth-order valence-corrected chi connectivity index (χ4v) is 5.13. The summed E-state index contributed by atoms with van der Waals surface area (Å²) in [6, 6.07) is 19.9. The van der Waals surface area contributed by atoms with Crippen molar-refractivity contribution < 1.29 is 9.59 Å². The van der Waals surface area contributed by atoms with Gasteiger partial charge in [0.15, 0.2) is 0 Å². The van der Waals surface area contributed by atoms with Gasteiger partial charge >= 0.3 is 0 Å². The van der Waals surface area contributed by atoms with Gasteiger partial charge in [-0.2, -0.15) is 0 Å². The molecule has 3 aromatic rings. The molecule has 1 saturated carbocycles. The summed E-state index contributed by atoms with van der Waals surface area (Å²) < 4.78 is 0. The Hall–Kier alpha value is -2.99. The molecule has 2 amide bonds. The Balaban J connectivity index is 1.38. The lowest BCUT2D eigenvalue weighted by Gasteiger charge is -2.22. The van der Waals surface area contributed by atoms with Crippen LogP contribution in [0, 0.1) is 5.92 Å². The molecular formula is C27H31N3O2S. The number of hydrogen-bond acceptors (Lipinski definition) is 4. The Bertz CT molecular complexity index is 1030. The number of carbonyl (C=O) groups excluding carboxylic acids is 2. The third-order valence-corrected chi connectivity index (χ3v) is 7.05. The summed E-state index contributed by atoms with van der Waals surface area (Å²) in [5.41, 5.74) is 2.55. The normalized spacial score (nSPS) is 13.7. The van der Waals surface area contributed by atoms with Gasteiger partial charge in [-0.05, 0) is 23.5 Å². The minimum atomic E-state index is -0.191. The Labute approximate surface area is 199 Å². The van der Waals surface area contributed by atoms with Gasteiger partial charge in [0, 0.05) is 24.9 Å². The van der Waals surface area contributed by atoms with Gasteiger partial charge in [0.1, 0.15) is 10.7 Å². The second-order valence-electron chi connectivity index (χ2n) is 8.72. The highest BCUT2D eigenvalue weighted by Crippen LogP contribution is 2.29. The van der Waals surface area contributed by atoms with E-state index in [1.165, 1.54) is 37.0 Å². The first-order valence-electron chi connectivity index (χ1n) is 11.8. The smallest absolute Gasteiger partial charge is 0.271 e. The molecule has 1 N–H and O–H groups in total. The monoisotopic (exact) mass is 461 g/mol. The molecule has 0 aliphatic heterocycles. The van der Waals surface area contributed by atoms with Gasteiger partial charge in [-0.3, -0.25) is 9.59 Å². The second kappa shape index (κ2) is 11.8. The van der Waals surface area contributed by atoms with Crippen LogP contribution in [0.3, 0.4) is 0 Å². The van der Waals surface area contributed by atoms with E-state index in [-0.39, 0.29) is 11.8 Å². The zero-order valence-corrected chi connectivity index (χ0v) is 19.7. The largest absolute Gasteiger partial charge is 0.347 e. The maximum atomic E-state index is 13.1. The van der Waals surface area contributed by atoms with E-state index in [9.17, 15) is 9.59 Å². The van der Waals surface area contributed by atoms with Crippen molar-refractivity contribution in [2.75, 3.05) is 0 Å². The number of carbonyl (C=O) groups is 2. The van der Waals surface area contributed by atoms with Gasteiger partial charge in [0.05, 0.1) is 6.54 Å². The van der Waals surface area contributed by atoms with Crippen LogP contribution in [0.15, 0.2) is 66.0 Å². The van der Waals surface area contributed by atoms with Crippen molar-refractivity contribution in [3.8, 4) is 0 Å². The lowest BCUT2D eigenvalue weighted by Crippen LogP contribution is -2.30. The molecule has 0 bridgehead atoms.